The number of aliphatic hydroxyl groups is 6. The minimum Gasteiger partial charge on any atom is -0.508 e. The van der Waals surface area contributed by atoms with Gasteiger partial charge in [0.2, 0.25) is 0 Å². The molecule has 11 N–H and O–H groups in total. The minimum absolute atomic E-state index is 0.00275. The van der Waals surface area contributed by atoms with Gasteiger partial charge < -0.3 is 65.5 Å². The van der Waals surface area contributed by atoms with Crippen molar-refractivity contribution in [3.8, 4) is 23.0 Å². The van der Waals surface area contributed by atoms with Gasteiger partial charge in [0.1, 0.15) is 29.8 Å². The van der Waals surface area contributed by atoms with Crippen molar-refractivity contribution < 1.29 is 70.1 Å². The molecule has 3 aromatic carbocycles. The maximum Gasteiger partial charge on any atom is 0.355 e. The Hall–Kier alpha value is -5.79. The Morgan fingerprint density at radius 2 is 1.75 bits per heavy atom. The third-order valence-corrected chi connectivity index (χ3v) is 13.0. The SMILES string of the molecule is O=C(C=Cc1ccc(O)c(Cc2cnc[nH]2)c1)N1c2cc(OC3(O)OC(CO)C(O)C(O)C3O)c(O)cc2C2C(C3(c4ccccc4O)CCCCC3CO)C=CC21C(=O)O. The number of aliphatic carboxylic acids is 1. The van der Waals surface area contributed by atoms with Crippen LogP contribution in [0.25, 0.3) is 6.08 Å². The van der Waals surface area contributed by atoms with Crippen LogP contribution in [0, 0.1) is 11.8 Å². The van der Waals surface area contributed by atoms with E-state index < -0.39 is 89.1 Å². The van der Waals surface area contributed by atoms with Crippen LogP contribution in [0.1, 0.15) is 59.5 Å². The summed E-state index contributed by atoms with van der Waals surface area (Å²) in [6.45, 7) is -1.22. The van der Waals surface area contributed by atoms with Gasteiger partial charge in [0.25, 0.3) is 5.91 Å². The number of hydrogen-bond donors (Lipinski definition) is 11. The van der Waals surface area contributed by atoms with E-state index in [1.165, 1.54) is 36.7 Å². The highest BCUT2D eigenvalue weighted by atomic mass is 16.8. The van der Waals surface area contributed by atoms with E-state index in [0.29, 0.717) is 36.0 Å². The number of aliphatic hydroxyl groups excluding tert-OH is 5. The van der Waals surface area contributed by atoms with Crippen LogP contribution < -0.4 is 9.64 Å². The van der Waals surface area contributed by atoms with E-state index in [9.17, 15) is 60.7 Å². The summed E-state index contributed by atoms with van der Waals surface area (Å²) in [5, 5.41) is 109. The second-order valence-electron chi connectivity index (χ2n) is 16.2. The van der Waals surface area contributed by atoms with Crippen LogP contribution in [0.2, 0.25) is 0 Å². The number of imidazole rings is 1. The molecule has 2 fully saturated rings. The van der Waals surface area contributed by atoms with E-state index in [-0.39, 0.29) is 35.8 Å². The summed E-state index contributed by atoms with van der Waals surface area (Å²) in [4.78, 5) is 36.8. The van der Waals surface area contributed by atoms with Crippen molar-refractivity contribution >= 4 is 23.6 Å². The number of hydrogen-bond acceptors (Lipinski definition) is 14. The number of carboxylic acid groups (broad SMARTS) is 1. The molecule has 17 nitrogen and oxygen atoms in total. The molecule has 61 heavy (non-hydrogen) atoms. The zero-order valence-corrected chi connectivity index (χ0v) is 32.7. The number of carboxylic acids is 1. The first kappa shape index (κ1) is 41.9. The molecule has 1 aromatic heterocycles. The van der Waals surface area contributed by atoms with Crippen LogP contribution in [-0.4, -0.2) is 122 Å². The molecule has 2 aliphatic heterocycles. The summed E-state index contributed by atoms with van der Waals surface area (Å²) < 4.78 is 10.9. The Morgan fingerprint density at radius 1 is 0.967 bits per heavy atom. The van der Waals surface area contributed by atoms with Crippen molar-refractivity contribution in [1.29, 1.82) is 0 Å². The number of anilines is 1. The van der Waals surface area contributed by atoms with E-state index >= 15 is 0 Å². The summed E-state index contributed by atoms with van der Waals surface area (Å²) in [6.07, 6.45) is 3.58. The van der Waals surface area contributed by atoms with Crippen molar-refractivity contribution in [1.82, 2.24) is 9.97 Å². The third kappa shape index (κ3) is 6.73. The van der Waals surface area contributed by atoms with Gasteiger partial charge >= 0.3 is 11.9 Å². The number of amides is 1. The number of phenols is 3. The first-order valence-electron chi connectivity index (χ1n) is 19.9. The molecule has 1 amide bonds. The van der Waals surface area contributed by atoms with Crippen LogP contribution in [0.3, 0.4) is 0 Å². The number of phenolic OH excluding ortho intramolecular Hbond substituents is 3. The summed E-state index contributed by atoms with van der Waals surface area (Å²) in [5.74, 6) is -9.29. The normalized spacial score (nSPS) is 31.9. The number of allylic oxidation sites excluding steroid dienone is 1. The van der Waals surface area contributed by atoms with Gasteiger partial charge in [0, 0.05) is 59.5 Å². The van der Waals surface area contributed by atoms with Gasteiger partial charge in [-0.3, -0.25) is 9.69 Å². The molecule has 3 heterocycles. The predicted octanol–water partition coefficient (Wildman–Crippen LogP) is 1.89. The Balaban J connectivity index is 1.28. The van der Waals surface area contributed by atoms with E-state index in [1.54, 1.807) is 42.6 Å². The fourth-order valence-corrected chi connectivity index (χ4v) is 10.2. The van der Waals surface area contributed by atoms with Crippen LogP contribution in [0.5, 0.6) is 23.0 Å². The molecule has 0 spiro atoms. The smallest absolute Gasteiger partial charge is 0.355 e. The van der Waals surface area contributed by atoms with Crippen LogP contribution in [-0.2, 0) is 26.2 Å². The number of H-pyrrole nitrogens is 1. The molecule has 17 heteroatoms. The van der Waals surface area contributed by atoms with Crippen molar-refractivity contribution in [2.45, 2.75) is 79.4 Å². The number of para-hydroxylation sites is 1. The summed E-state index contributed by atoms with van der Waals surface area (Å²) in [5.41, 5.74) is -0.991. The fraction of sp³-hybridized carbons (Fsp3) is 0.386. The second kappa shape index (κ2) is 15.9. The largest absolute Gasteiger partial charge is 0.508 e. The monoisotopic (exact) mass is 841 g/mol. The Morgan fingerprint density at radius 3 is 2.46 bits per heavy atom. The number of carbonyl (C=O) groups is 2. The highest BCUT2D eigenvalue weighted by Gasteiger charge is 2.67. The molecular weight excluding hydrogens is 794 g/mol. The fourth-order valence-electron chi connectivity index (χ4n) is 10.2. The molecule has 0 bridgehead atoms. The van der Waals surface area contributed by atoms with E-state index in [1.807, 2.05) is 0 Å². The van der Waals surface area contributed by atoms with Crippen molar-refractivity contribution in [3.63, 3.8) is 0 Å². The first-order chi connectivity index (χ1) is 29.2. The zero-order valence-electron chi connectivity index (χ0n) is 32.7. The summed E-state index contributed by atoms with van der Waals surface area (Å²) in [7, 11) is 0. The lowest BCUT2D eigenvalue weighted by atomic mass is 9.53. The Labute approximate surface area is 348 Å². The highest BCUT2D eigenvalue weighted by Crippen LogP contribution is 2.65. The quantitative estimate of drug-likeness (QED) is 0.0584. The zero-order chi connectivity index (χ0) is 43.4. The molecule has 10 atom stereocenters. The molecule has 0 radical (unpaired) electrons. The van der Waals surface area contributed by atoms with Gasteiger partial charge in [0.05, 0.1) is 18.6 Å². The lowest BCUT2D eigenvalue weighted by Gasteiger charge is -2.50. The predicted molar refractivity (Wildman–Crippen MR) is 214 cm³/mol. The first-order valence-corrected chi connectivity index (χ1v) is 19.9. The van der Waals surface area contributed by atoms with Crippen molar-refractivity contribution in [2.24, 2.45) is 11.8 Å². The topological polar surface area (TPSA) is 287 Å². The van der Waals surface area contributed by atoms with E-state index in [2.05, 4.69) is 9.97 Å². The molecule has 322 valence electrons. The second-order valence-corrected chi connectivity index (χ2v) is 16.2. The van der Waals surface area contributed by atoms with Crippen molar-refractivity contribution in [3.05, 3.63) is 113 Å². The molecule has 10 unspecified atom stereocenters. The molecular formula is C44H47N3O14. The molecule has 1 saturated heterocycles. The molecule has 1 saturated carbocycles. The standard InChI is InChI=1S/C44H47N3O14/c48-20-25-5-3-4-13-42(25,28-6-1-2-7-32(28)51)29-12-14-43(41(57)58)37(29)27-17-33(52)34(60-44(59)40(56)39(55)38(54)35(21-49)61-44)18-30(27)47(43)36(53)11-9-23-8-10-31(50)24(15-23)16-26-19-45-22-46-26/h1-2,6-12,14-15,17-19,22,25,29,35,37-40,48-52,54-56,59H,3-5,13,16,20-21H2,(H,45,46)(H,57,58). The lowest BCUT2D eigenvalue weighted by Crippen LogP contribution is -2.67. The van der Waals surface area contributed by atoms with Gasteiger partial charge in [-0.1, -0.05) is 49.3 Å². The van der Waals surface area contributed by atoms with Crippen molar-refractivity contribution in [2.75, 3.05) is 18.1 Å². The van der Waals surface area contributed by atoms with Gasteiger partial charge in [-0.05, 0) is 66.1 Å². The number of nitrogens with one attached hydrogen (secondary N) is 1. The number of ether oxygens (including phenoxy) is 2. The molecule has 2 aliphatic carbocycles. The van der Waals surface area contributed by atoms with Crippen LogP contribution in [0.15, 0.2) is 85.3 Å². The van der Waals surface area contributed by atoms with Gasteiger partial charge in [-0.15, -0.1) is 0 Å². The minimum atomic E-state index is -3.17. The number of rotatable bonds is 11. The Kier molecular flexibility index (Phi) is 10.9. The number of fused-ring (bicyclic) bond motifs is 3. The number of aromatic amines is 1. The lowest BCUT2D eigenvalue weighted by molar-refractivity contribution is -0.422. The average Bonchev–Trinajstić information content (AvgIpc) is 3.98. The molecule has 4 aliphatic rings. The highest BCUT2D eigenvalue weighted by molar-refractivity contribution is 6.13. The number of benzene rings is 3. The van der Waals surface area contributed by atoms with Crippen LogP contribution >= 0.6 is 0 Å². The van der Waals surface area contributed by atoms with E-state index in [0.717, 1.165) is 29.2 Å². The molecule has 4 aromatic rings. The summed E-state index contributed by atoms with van der Waals surface area (Å²) >= 11 is 0. The number of aromatic nitrogens is 2. The van der Waals surface area contributed by atoms with Gasteiger partial charge in [-0.2, -0.15) is 0 Å². The van der Waals surface area contributed by atoms with Crippen LogP contribution in [0.4, 0.5) is 5.69 Å². The average molecular weight is 842 g/mol. The third-order valence-electron chi connectivity index (χ3n) is 13.0. The van der Waals surface area contributed by atoms with Gasteiger partial charge in [-0.25, -0.2) is 9.78 Å². The number of nitrogens with zero attached hydrogens (tertiary/aromatic N) is 2. The maximum atomic E-state index is 14.8. The number of aromatic hydroxyl groups is 3. The summed E-state index contributed by atoms with van der Waals surface area (Å²) in [6, 6.07) is 13.6. The van der Waals surface area contributed by atoms with Gasteiger partial charge in [0.15, 0.2) is 23.1 Å². The number of carbonyl (C=O) groups excluding carboxylic acids is 1. The maximum absolute atomic E-state index is 14.8. The molecule has 8 rings (SSSR count). The van der Waals surface area contributed by atoms with E-state index in [4.69, 9.17) is 9.47 Å². The Bertz CT molecular complexity index is 2370.